The van der Waals surface area contributed by atoms with Gasteiger partial charge in [-0.2, -0.15) is 0 Å². The van der Waals surface area contributed by atoms with Crippen molar-refractivity contribution in [1.82, 2.24) is 4.98 Å². The Morgan fingerprint density at radius 3 is 3.12 bits per heavy atom. The van der Waals surface area contributed by atoms with E-state index in [1.807, 2.05) is 0 Å². The van der Waals surface area contributed by atoms with Crippen molar-refractivity contribution in [3.8, 4) is 0 Å². The summed E-state index contributed by atoms with van der Waals surface area (Å²) < 4.78 is 4.68. The lowest BCUT2D eigenvalue weighted by molar-refractivity contribution is 0.0606. The van der Waals surface area contributed by atoms with Crippen LogP contribution in [-0.4, -0.2) is 30.6 Å². The minimum atomic E-state index is -0.298. The summed E-state index contributed by atoms with van der Waals surface area (Å²) in [6.45, 7) is 3.24. The third-order valence-corrected chi connectivity index (χ3v) is 3.94. The number of anilines is 1. The number of piperidine rings is 1. The Hall–Kier alpha value is -1.10. The number of ether oxygens (including phenoxy) is 1. The first-order valence-corrected chi connectivity index (χ1v) is 6.35. The van der Waals surface area contributed by atoms with Crippen LogP contribution in [0.3, 0.4) is 0 Å². The van der Waals surface area contributed by atoms with Crippen LogP contribution in [0.5, 0.6) is 0 Å². The van der Waals surface area contributed by atoms with Crippen LogP contribution in [-0.2, 0) is 4.74 Å². The van der Waals surface area contributed by atoms with Crippen molar-refractivity contribution in [3.63, 3.8) is 0 Å². The molecule has 1 aromatic heterocycles. The number of hydrogen-bond donors (Lipinski definition) is 0. The Kier molecular flexibility index (Phi) is 3.43. The van der Waals surface area contributed by atoms with Crippen molar-refractivity contribution in [1.29, 1.82) is 0 Å². The number of carbonyl (C=O) groups is 1. The van der Waals surface area contributed by atoms with Crippen molar-refractivity contribution >= 4 is 22.4 Å². The molecular formula is C11H16N2O2S. The second-order valence-corrected chi connectivity index (χ2v) is 5.05. The second kappa shape index (κ2) is 4.82. The molecule has 1 unspecified atom stereocenters. The number of aromatic nitrogens is 1. The molecule has 0 N–H and O–H groups in total. The molecule has 1 aromatic rings. The Labute approximate surface area is 99.2 Å². The summed E-state index contributed by atoms with van der Waals surface area (Å²) >= 11 is 1.42. The summed E-state index contributed by atoms with van der Waals surface area (Å²) in [5.41, 5.74) is 0. The standard InChI is InChI=1S/C11H16N2O2S/c1-8-5-3-4-6-13(8)11-12-7-9(16-11)10(14)15-2/h7-8H,3-6H2,1-2H3. The molecular weight excluding hydrogens is 224 g/mol. The van der Waals surface area contributed by atoms with Gasteiger partial charge in [0.1, 0.15) is 4.88 Å². The maximum absolute atomic E-state index is 11.3. The lowest BCUT2D eigenvalue weighted by atomic mass is 10.1. The van der Waals surface area contributed by atoms with Gasteiger partial charge in [0.15, 0.2) is 5.13 Å². The molecule has 2 rings (SSSR count). The van der Waals surface area contributed by atoms with Crippen LogP contribution in [0, 0.1) is 0 Å². The van der Waals surface area contributed by atoms with Crippen molar-refractivity contribution in [2.75, 3.05) is 18.6 Å². The SMILES string of the molecule is COC(=O)c1cnc(N2CCCCC2C)s1. The highest BCUT2D eigenvalue weighted by Gasteiger charge is 2.22. The Balaban J connectivity index is 2.14. The topological polar surface area (TPSA) is 42.4 Å². The number of thiazole rings is 1. The summed E-state index contributed by atoms with van der Waals surface area (Å²) in [6.07, 6.45) is 5.30. The zero-order valence-corrected chi connectivity index (χ0v) is 10.4. The van der Waals surface area contributed by atoms with Crippen molar-refractivity contribution in [3.05, 3.63) is 11.1 Å². The molecule has 0 bridgehead atoms. The van der Waals surface area contributed by atoms with E-state index in [4.69, 9.17) is 0 Å². The van der Waals surface area contributed by atoms with Gasteiger partial charge in [-0.25, -0.2) is 9.78 Å². The largest absolute Gasteiger partial charge is 0.465 e. The molecule has 1 saturated heterocycles. The molecule has 0 amide bonds. The van der Waals surface area contributed by atoms with Crippen LogP contribution in [0.1, 0.15) is 35.9 Å². The van der Waals surface area contributed by atoms with E-state index in [2.05, 4.69) is 21.5 Å². The first-order chi connectivity index (χ1) is 7.72. The maximum atomic E-state index is 11.3. The molecule has 16 heavy (non-hydrogen) atoms. The molecule has 0 spiro atoms. The van der Waals surface area contributed by atoms with Gasteiger partial charge < -0.3 is 9.64 Å². The highest BCUT2D eigenvalue weighted by molar-refractivity contribution is 7.17. The third kappa shape index (κ3) is 2.19. The maximum Gasteiger partial charge on any atom is 0.349 e. The monoisotopic (exact) mass is 240 g/mol. The minimum Gasteiger partial charge on any atom is -0.465 e. The van der Waals surface area contributed by atoms with Crippen molar-refractivity contribution < 1.29 is 9.53 Å². The quantitative estimate of drug-likeness (QED) is 0.744. The molecule has 0 aromatic carbocycles. The molecule has 1 fully saturated rings. The molecule has 5 heteroatoms. The van der Waals surface area contributed by atoms with Gasteiger partial charge in [0, 0.05) is 12.6 Å². The van der Waals surface area contributed by atoms with E-state index in [9.17, 15) is 4.79 Å². The molecule has 88 valence electrons. The van der Waals surface area contributed by atoms with Gasteiger partial charge in [-0.1, -0.05) is 11.3 Å². The summed E-state index contributed by atoms with van der Waals surface area (Å²) in [4.78, 5) is 18.5. The van der Waals surface area contributed by atoms with Crippen LogP contribution in [0.4, 0.5) is 5.13 Å². The molecule has 0 radical (unpaired) electrons. The minimum absolute atomic E-state index is 0.298. The molecule has 0 aliphatic carbocycles. The third-order valence-electron chi connectivity index (χ3n) is 2.93. The van der Waals surface area contributed by atoms with Crippen LogP contribution < -0.4 is 4.90 Å². The van der Waals surface area contributed by atoms with Crippen LogP contribution in [0.2, 0.25) is 0 Å². The van der Waals surface area contributed by atoms with E-state index in [1.165, 1.54) is 37.7 Å². The first kappa shape index (κ1) is 11.4. The van der Waals surface area contributed by atoms with Crippen LogP contribution >= 0.6 is 11.3 Å². The molecule has 1 aliphatic heterocycles. The number of nitrogens with zero attached hydrogens (tertiary/aromatic N) is 2. The normalized spacial score (nSPS) is 20.9. The van der Waals surface area contributed by atoms with Crippen LogP contribution in [0.25, 0.3) is 0 Å². The summed E-state index contributed by atoms with van der Waals surface area (Å²) in [7, 11) is 1.39. The molecule has 1 aliphatic rings. The van der Waals surface area contributed by atoms with E-state index >= 15 is 0 Å². The zero-order valence-electron chi connectivity index (χ0n) is 9.60. The summed E-state index contributed by atoms with van der Waals surface area (Å²) in [5.74, 6) is -0.298. The second-order valence-electron chi connectivity index (χ2n) is 4.04. The average Bonchev–Trinajstić information content (AvgIpc) is 2.78. The highest BCUT2D eigenvalue weighted by Crippen LogP contribution is 2.28. The molecule has 4 nitrogen and oxygen atoms in total. The van der Waals surface area contributed by atoms with Gasteiger partial charge in [-0.3, -0.25) is 0 Å². The number of carbonyl (C=O) groups excluding carboxylic acids is 1. The Morgan fingerprint density at radius 2 is 2.44 bits per heavy atom. The van der Waals surface area contributed by atoms with Gasteiger partial charge in [0.2, 0.25) is 0 Å². The molecule has 0 saturated carbocycles. The lowest BCUT2D eigenvalue weighted by Crippen LogP contribution is -2.37. The van der Waals surface area contributed by atoms with Crippen LogP contribution in [0.15, 0.2) is 6.20 Å². The number of esters is 1. The lowest BCUT2D eigenvalue weighted by Gasteiger charge is -2.32. The van der Waals surface area contributed by atoms with Crippen molar-refractivity contribution in [2.24, 2.45) is 0 Å². The van der Waals surface area contributed by atoms with Gasteiger partial charge in [-0.05, 0) is 26.2 Å². The smallest absolute Gasteiger partial charge is 0.349 e. The van der Waals surface area contributed by atoms with E-state index in [0.29, 0.717) is 10.9 Å². The Bertz CT molecular complexity index is 378. The van der Waals surface area contributed by atoms with Gasteiger partial charge in [-0.15, -0.1) is 0 Å². The molecule has 2 heterocycles. The van der Waals surface area contributed by atoms with E-state index in [-0.39, 0.29) is 5.97 Å². The predicted octanol–water partition coefficient (Wildman–Crippen LogP) is 2.31. The van der Waals surface area contributed by atoms with Gasteiger partial charge >= 0.3 is 5.97 Å². The zero-order chi connectivity index (χ0) is 11.5. The van der Waals surface area contributed by atoms with Gasteiger partial charge in [0.25, 0.3) is 0 Å². The molecule has 1 atom stereocenters. The Morgan fingerprint density at radius 1 is 1.62 bits per heavy atom. The van der Waals surface area contributed by atoms with Crippen molar-refractivity contribution in [2.45, 2.75) is 32.2 Å². The predicted molar refractivity (Wildman–Crippen MR) is 64.1 cm³/mol. The van der Waals surface area contributed by atoms with E-state index in [0.717, 1.165) is 11.7 Å². The highest BCUT2D eigenvalue weighted by atomic mass is 32.1. The fourth-order valence-electron chi connectivity index (χ4n) is 1.97. The van der Waals surface area contributed by atoms with E-state index in [1.54, 1.807) is 6.20 Å². The number of hydrogen-bond acceptors (Lipinski definition) is 5. The summed E-state index contributed by atoms with van der Waals surface area (Å²) in [6, 6.07) is 0.519. The fourth-order valence-corrected chi connectivity index (χ4v) is 2.94. The van der Waals surface area contributed by atoms with Gasteiger partial charge in [0.05, 0.1) is 13.3 Å². The first-order valence-electron chi connectivity index (χ1n) is 5.53. The fraction of sp³-hybridized carbons (Fsp3) is 0.636. The average molecular weight is 240 g/mol. The van der Waals surface area contributed by atoms with E-state index < -0.39 is 0 Å². The number of methoxy groups -OCH3 is 1. The number of rotatable bonds is 2. The summed E-state index contributed by atoms with van der Waals surface area (Å²) in [5, 5.41) is 0.938.